The number of thioether (sulfide) groups is 1. The summed E-state index contributed by atoms with van der Waals surface area (Å²) >= 11 is 1.80. The zero-order valence-corrected chi connectivity index (χ0v) is 13.3. The van der Waals surface area contributed by atoms with Crippen LogP contribution >= 0.6 is 11.8 Å². The predicted octanol–water partition coefficient (Wildman–Crippen LogP) is 3.02. The van der Waals surface area contributed by atoms with Gasteiger partial charge in [-0.05, 0) is 53.7 Å². The van der Waals surface area contributed by atoms with Crippen LogP contribution in [0.1, 0.15) is 42.1 Å². The van der Waals surface area contributed by atoms with Gasteiger partial charge in [0.05, 0.1) is 12.6 Å². The molecule has 2 aliphatic rings. The first-order chi connectivity index (χ1) is 10.9. The maximum atomic E-state index is 5.70. The van der Waals surface area contributed by atoms with E-state index in [1.165, 1.54) is 30.4 Å². The molecule has 6 heteroatoms. The van der Waals surface area contributed by atoms with Crippen molar-refractivity contribution in [3.05, 3.63) is 35.4 Å². The van der Waals surface area contributed by atoms with E-state index in [1.54, 1.807) is 11.8 Å². The van der Waals surface area contributed by atoms with Crippen LogP contribution in [0.25, 0.3) is 0 Å². The van der Waals surface area contributed by atoms with Crippen LogP contribution < -0.4 is 0 Å². The Balaban J connectivity index is 1.51. The number of hydrogen-bond acceptors (Lipinski definition) is 5. The molecular weight excluding hydrogens is 296 g/mol. The Hall–Kier alpha value is -1.40. The summed E-state index contributed by atoms with van der Waals surface area (Å²) < 4.78 is 7.62. The molecule has 0 amide bonds. The summed E-state index contributed by atoms with van der Waals surface area (Å²) in [7, 11) is 0. The number of aromatic nitrogens is 4. The van der Waals surface area contributed by atoms with Crippen LogP contribution in [0, 0.1) is 0 Å². The van der Waals surface area contributed by atoms with Gasteiger partial charge in [-0.2, -0.15) is 0 Å². The van der Waals surface area contributed by atoms with Crippen LogP contribution in [0.2, 0.25) is 0 Å². The van der Waals surface area contributed by atoms with Crippen molar-refractivity contribution in [2.45, 2.75) is 55.2 Å². The van der Waals surface area contributed by atoms with Gasteiger partial charge in [0.1, 0.15) is 0 Å². The zero-order chi connectivity index (χ0) is 14.8. The fraction of sp³-hybridized carbons (Fsp3) is 0.562. The van der Waals surface area contributed by atoms with Crippen molar-refractivity contribution in [1.82, 2.24) is 20.2 Å². The van der Waals surface area contributed by atoms with Gasteiger partial charge in [0.15, 0.2) is 0 Å². The van der Waals surface area contributed by atoms with Crippen LogP contribution in [0.3, 0.4) is 0 Å². The lowest BCUT2D eigenvalue weighted by atomic mass is 9.91. The average molecular weight is 316 g/mol. The number of hydrogen-bond donors (Lipinski definition) is 0. The molecule has 2 heterocycles. The van der Waals surface area contributed by atoms with E-state index in [0.717, 1.165) is 31.1 Å². The molecule has 0 radical (unpaired) electrons. The third-order valence-corrected chi connectivity index (χ3v) is 5.74. The van der Waals surface area contributed by atoms with Gasteiger partial charge in [-0.25, -0.2) is 4.68 Å². The van der Waals surface area contributed by atoms with Gasteiger partial charge in [-0.1, -0.05) is 36.0 Å². The first kappa shape index (κ1) is 14.2. The standard InChI is InChI=1S/C16H20N4OS/c1-2-8-14-12(5-1)6-3-9-15(14)22-16-17-18-19-20(16)11-13-7-4-10-21-13/h1-2,5,8,13,15H,3-4,6-7,9-11H2/t13-,15-/m0/s1. The second kappa shape index (κ2) is 6.38. The van der Waals surface area contributed by atoms with Gasteiger partial charge in [0, 0.05) is 11.9 Å². The molecule has 0 unspecified atom stereocenters. The highest BCUT2D eigenvalue weighted by atomic mass is 32.2. The van der Waals surface area contributed by atoms with Gasteiger partial charge >= 0.3 is 0 Å². The summed E-state index contributed by atoms with van der Waals surface area (Å²) in [6.07, 6.45) is 6.13. The maximum Gasteiger partial charge on any atom is 0.209 e. The molecule has 0 saturated carbocycles. The lowest BCUT2D eigenvalue weighted by Crippen LogP contribution is -2.17. The van der Waals surface area contributed by atoms with Crippen LogP contribution in [0.15, 0.2) is 29.4 Å². The minimum absolute atomic E-state index is 0.265. The molecule has 1 aromatic heterocycles. The number of rotatable bonds is 4. The third-order valence-electron chi connectivity index (χ3n) is 4.46. The van der Waals surface area contributed by atoms with Crippen molar-refractivity contribution >= 4 is 11.8 Å². The van der Waals surface area contributed by atoms with E-state index >= 15 is 0 Å². The number of tetrazole rings is 1. The molecule has 1 aliphatic carbocycles. The molecule has 1 aliphatic heterocycles. The van der Waals surface area contributed by atoms with Crippen molar-refractivity contribution in [3.8, 4) is 0 Å². The molecular formula is C16H20N4OS. The minimum Gasteiger partial charge on any atom is -0.376 e. The maximum absolute atomic E-state index is 5.70. The molecule has 0 spiro atoms. The minimum atomic E-state index is 0.265. The van der Waals surface area contributed by atoms with E-state index in [2.05, 4.69) is 39.8 Å². The quantitative estimate of drug-likeness (QED) is 0.868. The van der Waals surface area contributed by atoms with E-state index in [-0.39, 0.29) is 6.10 Å². The predicted molar refractivity (Wildman–Crippen MR) is 84.8 cm³/mol. The first-order valence-corrected chi connectivity index (χ1v) is 8.90. The third kappa shape index (κ3) is 2.90. The highest BCUT2D eigenvalue weighted by Gasteiger charge is 2.24. The molecule has 22 heavy (non-hydrogen) atoms. The zero-order valence-electron chi connectivity index (χ0n) is 12.5. The Kier molecular flexibility index (Phi) is 4.12. The number of aryl methyl sites for hydroxylation is 1. The Labute approximate surface area is 134 Å². The fourth-order valence-corrected chi connectivity index (χ4v) is 4.55. The van der Waals surface area contributed by atoms with Crippen molar-refractivity contribution in [2.75, 3.05) is 6.61 Å². The van der Waals surface area contributed by atoms with Crippen molar-refractivity contribution in [1.29, 1.82) is 0 Å². The Bertz CT molecular complexity index is 639. The smallest absolute Gasteiger partial charge is 0.209 e. The summed E-state index contributed by atoms with van der Waals surface area (Å²) in [5, 5.41) is 13.6. The van der Waals surface area contributed by atoms with Crippen molar-refractivity contribution < 1.29 is 4.74 Å². The monoisotopic (exact) mass is 316 g/mol. The van der Waals surface area contributed by atoms with Crippen LogP contribution in [0.5, 0.6) is 0 Å². The van der Waals surface area contributed by atoms with Gasteiger partial charge in [-0.3, -0.25) is 0 Å². The van der Waals surface area contributed by atoms with Gasteiger partial charge in [-0.15, -0.1) is 5.10 Å². The molecule has 116 valence electrons. The Morgan fingerprint density at radius 1 is 1.23 bits per heavy atom. The topological polar surface area (TPSA) is 52.8 Å². The van der Waals surface area contributed by atoms with Crippen molar-refractivity contribution in [3.63, 3.8) is 0 Å². The molecule has 1 aromatic carbocycles. The number of nitrogens with zero attached hydrogens (tertiary/aromatic N) is 4. The van der Waals surface area contributed by atoms with E-state index in [9.17, 15) is 0 Å². The normalized spacial score (nSPS) is 24.4. The summed E-state index contributed by atoms with van der Waals surface area (Å²) in [5.74, 6) is 0. The Morgan fingerprint density at radius 2 is 2.18 bits per heavy atom. The molecule has 1 fully saturated rings. The molecule has 1 saturated heterocycles. The van der Waals surface area contributed by atoms with E-state index < -0.39 is 0 Å². The van der Waals surface area contributed by atoms with E-state index in [1.807, 2.05) is 4.68 Å². The number of ether oxygens (including phenoxy) is 1. The average Bonchev–Trinajstić information content (AvgIpc) is 3.21. The summed E-state index contributed by atoms with van der Waals surface area (Å²) in [6, 6.07) is 8.76. The summed E-state index contributed by atoms with van der Waals surface area (Å²) in [4.78, 5) is 0. The largest absolute Gasteiger partial charge is 0.376 e. The molecule has 2 aromatic rings. The van der Waals surface area contributed by atoms with Gasteiger partial charge in [0.2, 0.25) is 5.16 Å². The molecule has 5 nitrogen and oxygen atoms in total. The lowest BCUT2D eigenvalue weighted by Gasteiger charge is -2.24. The lowest BCUT2D eigenvalue weighted by molar-refractivity contribution is 0.0911. The molecule has 2 atom stereocenters. The van der Waals surface area contributed by atoms with Gasteiger partial charge < -0.3 is 4.74 Å². The fourth-order valence-electron chi connectivity index (χ4n) is 3.34. The van der Waals surface area contributed by atoms with E-state index in [4.69, 9.17) is 4.74 Å². The summed E-state index contributed by atoms with van der Waals surface area (Å²) in [6.45, 7) is 1.63. The summed E-state index contributed by atoms with van der Waals surface area (Å²) in [5.41, 5.74) is 2.93. The number of fused-ring (bicyclic) bond motifs is 1. The SMILES string of the molecule is c1ccc2c(c1)CCC[C@@H]2Sc1nnnn1C[C@@H]1CCCO1. The van der Waals surface area contributed by atoms with Gasteiger partial charge in [0.25, 0.3) is 0 Å². The van der Waals surface area contributed by atoms with Crippen LogP contribution in [-0.4, -0.2) is 32.9 Å². The number of benzene rings is 1. The molecule has 0 bridgehead atoms. The molecule has 4 rings (SSSR count). The Morgan fingerprint density at radius 3 is 3.09 bits per heavy atom. The highest BCUT2D eigenvalue weighted by molar-refractivity contribution is 7.99. The van der Waals surface area contributed by atoms with Crippen LogP contribution in [0.4, 0.5) is 0 Å². The molecule has 0 N–H and O–H groups in total. The van der Waals surface area contributed by atoms with Crippen LogP contribution in [-0.2, 0) is 17.7 Å². The first-order valence-electron chi connectivity index (χ1n) is 8.02. The van der Waals surface area contributed by atoms with Crippen molar-refractivity contribution in [2.24, 2.45) is 0 Å². The van der Waals surface area contributed by atoms with E-state index in [0.29, 0.717) is 5.25 Å². The highest BCUT2D eigenvalue weighted by Crippen LogP contribution is 2.42. The second-order valence-corrected chi connectivity index (χ2v) is 7.15. The second-order valence-electron chi connectivity index (χ2n) is 5.98.